The van der Waals surface area contributed by atoms with Gasteiger partial charge in [-0.1, -0.05) is 28.1 Å². The van der Waals surface area contributed by atoms with Gasteiger partial charge in [0.2, 0.25) is 0 Å². The van der Waals surface area contributed by atoms with Crippen LogP contribution in [0.1, 0.15) is 0 Å². The number of nitro benzene ring substituents is 1. The van der Waals surface area contributed by atoms with Crippen molar-refractivity contribution >= 4 is 32.5 Å². The second-order valence-electron chi connectivity index (χ2n) is 4.17. The number of nitro groups is 1. The van der Waals surface area contributed by atoms with Crippen LogP contribution in [0, 0.1) is 10.1 Å². The van der Waals surface area contributed by atoms with E-state index in [-0.39, 0.29) is 10.6 Å². The van der Waals surface area contributed by atoms with E-state index in [4.69, 9.17) is 0 Å². The molecule has 0 unspecified atom stereocenters. The van der Waals surface area contributed by atoms with Crippen LogP contribution in [0.25, 0.3) is 22.0 Å². The lowest BCUT2D eigenvalue weighted by molar-refractivity contribution is -0.384. The number of halogens is 1. The molecular weight excluding hydrogens is 308 g/mol. The van der Waals surface area contributed by atoms with Gasteiger partial charge in [-0.25, -0.2) is 0 Å². The van der Waals surface area contributed by atoms with Gasteiger partial charge in [0.25, 0.3) is 5.69 Å². The first kappa shape index (κ1) is 11.9. The van der Waals surface area contributed by atoms with Gasteiger partial charge in [-0.3, -0.25) is 10.1 Å². The van der Waals surface area contributed by atoms with E-state index in [1.807, 2.05) is 18.2 Å². The van der Waals surface area contributed by atoms with E-state index < -0.39 is 0 Å². The molecule has 0 saturated carbocycles. The minimum Gasteiger partial charge on any atom is -0.361 e. The molecule has 1 heterocycles. The molecule has 19 heavy (non-hydrogen) atoms. The molecule has 5 heteroatoms. The lowest BCUT2D eigenvalue weighted by Gasteiger charge is -2.01. The first-order valence-electron chi connectivity index (χ1n) is 5.67. The van der Waals surface area contributed by atoms with E-state index in [2.05, 4.69) is 20.9 Å². The van der Waals surface area contributed by atoms with E-state index in [0.717, 1.165) is 20.9 Å². The standard InChI is InChI=1S/C14H9BrN2O2/c15-9-5-6-13-11(7-9)12(8-16-13)10-3-1-2-4-14(10)17(18)19/h1-8,16H. The summed E-state index contributed by atoms with van der Waals surface area (Å²) in [5, 5.41) is 12.1. The first-order chi connectivity index (χ1) is 9.16. The Hall–Kier alpha value is -2.14. The molecule has 0 aliphatic heterocycles. The zero-order valence-electron chi connectivity index (χ0n) is 9.76. The van der Waals surface area contributed by atoms with Gasteiger partial charge in [-0.2, -0.15) is 0 Å². The molecule has 0 bridgehead atoms. The van der Waals surface area contributed by atoms with Gasteiger partial charge in [-0.05, 0) is 24.3 Å². The highest BCUT2D eigenvalue weighted by molar-refractivity contribution is 9.10. The van der Waals surface area contributed by atoms with Crippen LogP contribution in [-0.4, -0.2) is 9.91 Å². The maximum Gasteiger partial charge on any atom is 0.277 e. The van der Waals surface area contributed by atoms with Crippen molar-refractivity contribution in [3.05, 3.63) is 63.2 Å². The highest BCUT2D eigenvalue weighted by Gasteiger charge is 2.17. The van der Waals surface area contributed by atoms with Crippen molar-refractivity contribution in [3.8, 4) is 11.1 Å². The van der Waals surface area contributed by atoms with Gasteiger partial charge in [0, 0.05) is 33.2 Å². The number of hydrogen-bond acceptors (Lipinski definition) is 2. The predicted molar refractivity (Wildman–Crippen MR) is 78.1 cm³/mol. The number of rotatable bonds is 2. The Morgan fingerprint density at radius 2 is 1.89 bits per heavy atom. The summed E-state index contributed by atoms with van der Waals surface area (Å²) < 4.78 is 0.944. The van der Waals surface area contributed by atoms with Crippen LogP contribution in [-0.2, 0) is 0 Å². The molecule has 4 nitrogen and oxygen atoms in total. The minimum absolute atomic E-state index is 0.114. The molecule has 0 saturated heterocycles. The van der Waals surface area contributed by atoms with Crippen LogP contribution in [0.2, 0.25) is 0 Å². The minimum atomic E-state index is -0.355. The molecule has 94 valence electrons. The third-order valence-corrected chi connectivity index (χ3v) is 3.53. The Morgan fingerprint density at radius 3 is 2.68 bits per heavy atom. The molecule has 0 spiro atoms. The number of benzene rings is 2. The number of fused-ring (bicyclic) bond motifs is 1. The van der Waals surface area contributed by atoms with Crippen molar-refractivity contribution in [1.29, 1.82) is 0 Å². The van der Waals surface area contributed by atoms with Crippen LogP contribution in [0.4, 0.5) is 5.69 Å². The molecule has 3 aromatic rings. The molecule has 1 aromatic heterocycles. The number of aromatic amines is 1. The van der Waals surface area contributed by atoms with Crippen LogP contribution in [0.3, 0.4) is 0 Å². The van der Waals surface area contributed by atoms with E-state index in [9.17, 15) is 10.1 Å². The number of hydrogen-bond donors (Lipinski definition) is 1. The molecule has 0 atom stereocenters. The molecule has 1 N–H and O–H groups in total. The highest BCUT2D eigenvalue weighted by Crippen LogP contribution is 2.35. The molecular formula is C14H9BrN2O2. The van der Waals surface area contributed by atoms with E-state index in [0.29, 0.717) is 5.56 Å². The van der Waals surface area contributed by atoms with Crippen LogP contribution < -0.4 is 0 Å². The van der Waals surface area contributed by atoms with Crippen molar-refractivity contribution < 1.29 is 4.92 Å². The molecule has 0 radical (unpaired) electrons. The van der Waals surface area contributed by atoms with Crippen LogP contribution in [0.15, 0.2) is 53.1 Å². The molecule has 0 aliphatic carbocycles. The fourth-order valence-electron chi connectivity index (χ4n) is 2.18. The van der Waals surface area contributed by atoms with E-state index in [1.54, 1.807) is 24.4 Å². The topological polar surface area (TPSA) is 58.9 Å². The Morgan fingerprint density at radius 1 is 1.11 bits per heavy atom. The Labute approximate surface area is 117 Å². The summed E-state index contributed by atoms with van der Waals surface area (Å²) in [6.07, 6.45) is 1.80. The summed E-state index contributed by atoms with van der Waals surface area (Å²) >= 11 is 3.42. The summed E-state index contributed by atoms with van der Waals surface area (Å²) in [6.45, 7) is 0. The maximum absolute atomic E-state index is 11.1. The fourth-order valence-corrected chi connectivity index (χ4v) is 2.54. The lowest BCUT2D eigenvalue weighted by atomic mass is 10.0. The summed E-state index contributed by atoms with van der Waals surface area (Å²) in [7, 11) is 0. The van der Waals surface area contributed by atoms with Crippen molar-refractivity contribution in [2.75, 3.05) is 0 Å². The summed E-state index contributed by atoms with van der Waals surface area (Å²) in [5.74, 6) is 0. The van der Waals surface area contributed by atoms with Crippen molar-refractivity contribution in [3.63, 3.8) is 0 Å². The second-order valence-corrected chi connectivity index (χ2v) is 5.08. The number of H-pyrrole nitrogens is 1. The summed E-state index contributed by atoms with van der Waals surface area (Å²) in [5.41, 5.74) is 2.53. The van der Waals surface area contributed by atoms with Gasteiger partial charge >= 0.3 is 0 Å². The van der Waals surface area contributed by atoms with Crippen molar-refractivity contribution in [1.82, 2.24) is 4.98 Å². The average molecular weight is 317 g/mol. The van der Waals surface area contributed by atoms with Gasteiger partial charge in [0.1, 0.15) is 0 Å². The van der Waals surface area contributed by atoms with Crippen molar-refractivity contribution in [2.45, 2.75) is 0 Å². The Kier molecular flexibility index (Phi) is 2.83. The lowest BCUT2D eigenvalue weighted by Crippen LogP contribution is -1.90. The molecule has 0 fully saturated rings. The SMILES string of the molecule is O=[N+]([O-])c1ccccc1-c1c[nH]c2ccc(Br)cc12. The Balaban J connectivity index is 2.31. The zero-order chi connectivity index (χ0) is 13.4. The third kappa shape index (κ3) is 2.02. The van der Waals surface area contributed by atoms with Crippen molar-refractivity contribution in [2.24, 2.45) is 0 Å². The molecule has 0 amide bonds. The Bertz CT molecular complexity index is 780. The third-order valence-electron chi connectivity index (χ3n) is 3.03. The van der Waals surface area contributed by atoms with Gasteiger partial charge < -0.3 is 4.98 Å². The first-order valence-corrected chi connectivity index (χ1v) is 6.46. The number of nitrogens with one attached hydrogen (secondary N) is 1. The smallest absolute Gasteiger partial charge is 0.277 e. The van der Waals surface area contributed by atoms with Gasteiger partial charge in [0.05, 0.1) is 10.5 Å². The average Bonchev–Trinajstić information content (AvgIpc) is 2.81. The van der Waals surface area contributed by atoms with Crippen LogP contribution >= 0.6 is 15.9 Å². The summed E-state index contributed by atoms with van der Waals surface area (Å²) in [4.78, 5) is 13.9. The molecule has 0 aliphatic rings. The molecule has 2 aromatic carbocycles. The zero-order valence-corrected chi connectivity index (χ0v) is 11.3. The molecule has 3 rings (SSSR count). The number of para-hydroxylation sites is 1. The normalized spacial score (nSPS) is 10.8. The second kappa shape index (κ2) is 4.51. The monoisotopic (exact) mass is 316 g/mol. The number of nitrogens with zero attached hydrogens (tertiary/aromatic N) is 1. The van der Waals surface area contributed by atoms with Gasteiger partial charge in [-0.15, -0.1) is 0 Å². The fraction of sp³-hybridized carbons (Fsp3) is 0. The maximum atomic E-state index is 11.1. The quantitative estimate of drug-likeness (QED) is 0.558. The highest BCUT2D eigenvalue weighted by atomic mass is 79.9. The van der Waals surface area contributed by atoms with E-state index >= 15 is 0 Å². The predicted octanol–water partition coefficient (Wildman–Crippen LogP) is 4.51. The summed E-state index contributed by atoms with van der Waals surface area (Å²) in [6, 6.07) is 12.6. The van der Waals surface area contributed by atoms with Gasteiger partial charge in [0.15, 0.2) is 0 Å². The number of aromatic nitrogens is 1. The largest absolute Gasteiger partial charge is 0.361 e. The van der Waals surface area contributed by atoms with E-state index in [1.165, 1.54) is 6.07 Å². The van der Waals surface area contributed by atoms with Crippen LogP contribution in [0.5, 0.6) is 0 Å².